The van der Waals surface area contributed by atoms with Crippen LogP contribution in [0.1, 0.15) is 11.1 Å². The number of nitrogens with zero attached hydrogens (tertiary/aromatic N) is 2. The number of methoxy groups -OCH3 is 1. The number of halogens is 1. The average molecular weight is 440 g/mol. The fourth-order valence-electron chi connectivity index (χ4n) is 3.51. The zero-order valence-corrected chi connectivity index (χ0v) is 17.7. The SMILES string of the molecule is COc1ccc(CCN2C(=O)N(Cc3ccc(F)cc3)S(=O)(=O)c3ccccc32)cc1. The van der Waals surface area contributed by atoms with E-state index in [4.69, 9.17) is 4.74 Å². The Kier molecular flexibility index (Phi) is 5.65. The third-order valence-corrected chi connectivity index (χ3v) is 6.96. The zero-order chi connectivity index (χ0) is 22.0. The number of sulfonamides is 1. The van der Waals surface area contributed by atoms with Gasteiger partial charge in [-0.05, 0) is 53.9 Å². The van der Waals surface area contributed by atoms with Crippen LogP contribution in [0.4, 0.5) is 14.9 Å². The van der Waals surface area contributed by atoms with E-state index >= 15 is 0 Å². The standard InChI is InChI=1S/C23H21FN2O4S/c1-30-20-12-8-17(9-13-20)14-15-25-21-4-2-3-5-22(21)31(28,29)26(23(25)27)16-18-6-10-19(24)11-7-18/h2-13H,14-16H2,1H3. The van der Waals surface area contributed by atoms with Crippen molar-refractivity contribution in [2.24, 2.45) is 0 Å². The second-order valence-corrected chi connectivity index (χ2v) is 8.97. The first kappa shape index (κ1) is 20.9. The molecule has 1 aliphatic heterocycles. The highest BCUT2D eigenvalue weighted by Crippen LogP contribution is 2.35. The Hall–Kier alpha value is -3.39. The summed E-state index contributed by atoms with van der Waals surface area (Å²) in [6.07, 6.45) is 0.536. The summed E-state index contributed by atoms with van der Waals surface area (Å²) in [6, 6.07) is 18.8. The van der Waals surface area contributed by atoms with Gasteiger partial charge in [0.15, 0.2) is 0 Å². The van der Waals surface area contributed by atoms with Crippen LogP contribution in [0.25, 0.3) is 0 Å². The molecule has 31 heavy (non-hydrogen) atoms. The number of ether oxygens (including phenoxy) is 1. The molecule has 0 N–H and O–H groups in total. The second kappa shape index (κ2) is 8.39. The Balaban J connectivity index is 1.65. The highest BCUT2D eigenvalue weighted by molar-refractivity contribution is 7.90. The third kappa shape index (κ3) is 4.11. The van der Waals surface area contributed by atoms with Gasteiger partial charge in [0.05, 0.1) is 19.3 Å². The molecule has 0 atom stereocenters. The summed E-state index contributed by atoms with van der Waals surface area (Å²) in [4.78, 5) is 14.8. The highest BCUT2D eigenvalue weighted by atomic mass is 32.2. The molecule has 160 valence electrons. The quantitative estimate of drug-likeness (QED) is 0.576. The molecule has 0 spiro atoms. The van der Waals surface area contributed by atoms with Crippen LogP contribution in [0.2, 0.25) is 0 Å². The number of carbonyl (C=O) groups is 1. The molecule has 1 heterocycles. The fraction of sp³-hybridized carbons (Fsp3) is 0.174. The van der Waals surface area contributed by atoms with E-state index in [1.54, 1.807) is 25.3 Å². The first-order valence-corrected chi connectivity index (χ1v) is 11.1. The van der Waals surface area contributed by atoms with E-state index in [1.807, 2.05) is 24.3 Å². The molecule has 0 saturated carbocycles. The maximum absolute atomic E-state index is 13.3. The van der Waals surface area contributed by atoms with Gasteiger partial charge in [0.25, 0.3) is 10.0 Å². The lowest BCUT2D eigenvalue weighted by Gasteiger charge is -2.36. The van der Waals surface area contributed by atoms with Crippen LogP contribution in [0, 0.1) is 5.82 Å². The molecule has 2 amide bonds. The molecule has 0 radical (unpaired) electrons. The van der Waals surface area contributed by atoms with Crippen molar-refractivity contribution in [1.82, 2.24) is 4.31 Å². The monoisotopic (exact) mass is 440 g/mol. The van der Waals surface area contributed by atoms with Crippen LogP contribution in [-0.4, -0.2) is 32.4 Å². The summed E-state index contributed by atoms with van der Waals surface area (Å²) in [5, 5.41) is 0. The number of hydrogen-bond donors (Lipinski definition) is 0. The molecule has 1 aliphatic rings. The zero-order valence-electron chi connectivity index (χ0n) is 16.9. The Morgan fingerprint density at radius 3 is 2.23 bits per heavy atom. The molecule has 3 aromatic carbocycles. The van der Waals surface area contributed by atoms with E-state index in [0.717, 1.165) is 15.6 Å². The summed E-state index contributed by atoms with van der Waals surface area (Å²) in [5.41, 5.74) is 1.87. The number of benzene rings is 3. The predicted molar refractivity (Wildman–Crippen MR) is 115 cm³/mol. The van der Waals surface area contributed by atoms with Crippen molar-refractivity contribution in [3.05, 3.63) is 89.7 Å². The van der Waals surface area contributed by atoms with E-state index in [-0.39, 0.29) is 11.4 Å². The van der Waals surface area contributed by atoms with Gasteiger partial charge in [0.2, 0.25) is 0 Å². The normalized spacial score (nSPS) is 15.0. The number of para-hydroxylation sites is 1. The van der Waals surface area contributed by atoms with Crippen molar-refractivity contribution in [2.45, 2.75) is 17.9 Å². The minimum Gasteiger partial charge on any atom is -0.497 e. The summed E-state index contributed by atoms with van der Waals surface area (Å²) >= 11 is 0. The van der Waals surface area contributed by atoms with Crippen molar-refractivity contribution in [3.8, 4) is 5.75 Å². The molecule has 0 fully saturated rings. The molecule has 0 aliphatic carbocycles. The Morgan fingerprint density at radius 2 is 1.55 bits per heavy atom. The van der Waals surface area contributed by atoms with Gasteiger partial charge in [-0.1, -0.05) is 36.4 Å². The largest absolute Gasteiger partial charge is 0.497 e. The predicted octanol–water partition coefficient (Wildman–Crippen LogP) is 4.21. The van der Waals surface area contributed by atoms with Crippen molar-refractivity contribution in [1.29, 1.82) is 0 Å². The van der Waals surface area contributed by atoms with E-state index in [9.17, 15) is 17.6 Å². The molecular weight excluding hydrogens is 419 g/mol. The average Bonchev–Trinajstić information content (AvgIpc) is 2.78. The maximum Gasteiger partial charge on any atom is 0.338 e. The number of carbonyl (C=O) groups excluding carboxylic acids is 1. The molecule has 0 saturated heterocycles. The Morgan fingerprint density at radius 1 is 0.903 bits per heavy atom. The summed E-state index contributed by atoms with van der Waals surface area (Å²) < 4.78 is 45.6. The Bertz CT molecular complexity index is 1200. The number of rotatable bonds is 6. The highest BCUT2D eigenvalue weighted by Gasteiger charge is 2.41. The van der Waals surface area contributed by atoms with Gasteiger partial charge in [-0.3, -0.25) is 4.90 Å². The molecule has 0 unspecified atom stereocenters. The van der Waals surface area contributed by atoms with Crippen LogP contribution in [-0.2, 0) is 23.0 Å². The van der Waals surface area contributed by atoms with Crippen molar-refractivity contribution >= 4 is 21.7 Å². The number of hydrogen-bond acceptors (Lipinski definition) is 4. The van der Waals surface area contributed by atoms with Crippen LogP contribution in [0.5, 0.6) is 5.75 Å². The van der Waals surface area contributed by atoms with Crippen LogP contribution in [0.3, 0.4) is 0 Å². The summed E-state index contributed by atoms with van der Waals surface area (Å²) in [7, 11) is -2.44. The first-order chi connectivity index (χ1) is 14.9. The number of urea groups is 1. The van der Waals surface area contributed by atoms with Crippen molar-refractivity contribution < 1.29 is 22.3 Å². The van der Waals surface area contributed by atoms with E-state index in [2.05, 4.69) is 0 Å². The smallest absolute Gasteiger partial charge is 0.338 e. The van der Waals surface area contributed by atoms with Crippen LogP contribution < -0.4 is 9.64 Å². The lowest BCUT2D eigenvalue weighted by molar-refractivity contribution is 0.226. The van der Waals surface area contributed by atoms with Crippen LogP contribution in [0.15, 0.2) is 77.7 Å². The number of fused-ring (bicyclic) bond motifs is 1. The van der Waals surface area contributed by atoms with Crippen LogP contribution >= 0.6 is 0 Å². The molecule has 8 heteroatoms. The lowest BCUT2D eigenvalue weighted by atomic mass is 10.1. The van der Waals surface area contributed by atoms with Gasteiger partial charge in [0, 0.05) is 6.54 Å². The van der Waals surface area contributed by atoms with Gasteiger partial charge >= 0.3 is 6.03 Å². The fourth-order valence-corrected chi connectivity index (χ4v) is 5.07. The summed E-state index contributed by atoms with van der Waals surface area (Å²) in [5.74, 6) is 0.308. The van der Waals surface area contributed by atoms with Gasteiger partial charge in [-0.25, -0.2) is 21.9 Å². The van der Waals surface area contributed by atoms with E-state index in [0.29, 0.717) is 24.2 Å². The number of amides is 2. The first-order valence-electron chi connectivity index (χ1n) is 9.71. The van der Waals surface area contributed by atoms with Gasteiger partial charge < -0.3 is 4.74 Å². The number of anilines is 1. The topological polar surface area (TPSA) is 66.9 Å². The molecule has 6 nitrogen and oxygen atoms in total. The van der Waals surface area contributed by atoms with Gasteiger partial charge in [-0.2, -0.15) is 0 Å². The third-order valence-electron chi connectivity index (χ3n) is 5.19. The molecular formula is C23H21FN2O4S. The molecule has 0 bridgehead atoms. The second-order valence-electron chi connectivity index (χ2n) is 7.14. The minimum absolute atomic E-state index is 0.0754. The Labute approximate surface area is 180 Å². The van der Waals surface area contributed by atoms with Gasteiger partial charge in [-0.15, -0.1) is 0 Å². The van der Waals surface area contributed by atoms with Crippen molar-refractivity contribution in [2.75, 3.05) is 18.6 Å². The maximum atomic E-state index is 13.3. The molecule has 4 rings (SSSR count). The van der Waals surface area contributed by atoms with Crippen molar-refractivity contribution in [3.63, 3.8) is 0 Å². The summed E-state index contributed by atoms with van der Waals surface area (Å²) in [6.45, 7) is 0.131. The molecule has 3 aromatic rings. The van der Waals surface area contributed by atoms with Gasteiger partial charge in [0.1, 0.15) is 16.5 Å². The van der Waals surface area contributed by atoms with E-state index < -0.39 is 21.9 Å². The van der Waals surface area contributed by atoms with E-state index in [1.165, 1.54) is 35.2 Å². The lowest BCUT2D eigenvalue weighted by Crippen LogP contribution is -2.50. The molecule has 0 aromatic heterocycles. The minimum atomic E-state index is -4.03.